The Kier molecular flexibility index (Phi) is 5.32. The molecule has 3 heteroatoms. The van der Waals surface area contributed by atoms with Crippen LogP contribution in [0.4, 0.5) is 0 Å². The SMILES string of the molecule is CCCCCNC(=O)c1c(C)c(CC)nc2ccccc12. The molecule has 1 aromatic carbocycles. The van der Waals surface area contributed by atoms with E-state index >= 15 is 0 Å². The van der Waals surface area contributed by atoms with Gasteiger partial charge in [-0.1, -0.05) is 44.9 Å². The number of carbonyl (C=O) groups excluding carboxylic acids is 1. The molecule has 0 atom stereocenters. The molecule has 1 N–H and O–H groups in total. The highest BCUT2D eigenvalue weighted by Crippen LogP contribution is 2.23. The molecule has 0 fully saturated rings. The lowest BCUT2D eigenvalue weighted by molar-refractivity contribution is 0.0954. The van der Waals surface area contributed by atoms with Crippen molar-refractivity contribution in [2.24, 2.45) is 0 Å². The van der Waals surface area contributed by atoms with Crippen molar-refractivity contribution >= 4 is 16.8 Å². The van der Waals surface area contributed by atoms with Gasteiger partial charge in [-0.15, -0.1) is 0 Å². The summed E-state index contributed by atoms with van der Waals surface area (Å²) < 4.78 is 0. The van der Waals surface area contributed by atoms with Crippen molar-refractivity contribution in [1.29, 1.82) is 0 Å². The molecular formula is C18H24N2O. The first kappa shape index (κ1) is 15.5. The van der Waals surface area contributed by atoms with Crippen LogP contribution in [0.2, 0.25) is 0 Å². The number of unbranched alkanes of at least 4 members (excludes halogenated alkanes) is 2. The average Bonchev–Trinajstić information content (AvgIpc) is 2.50. The summed E-state index contributed by atoms with van der Waals surface area (Å²) in [6.45, 7) is 6.98. The van der Waals surface area contributed by atoms with E-state index in [1.165, 1.54) is 0 Å². The van der Waals surface area contributed by atoms with Crippen molar-refractivity contribution in [1.82, 2.24) is 10.3 Å². The number of fused-ring (bicyclic) bond motifs is 1. The molecule has 1 aromatic heterocycles. The van der Waals surface area contributed by atoms with Gasteiger partial charge in [0.05, 0.1) is 11.1 Å². The summed E-state index contributed by atoms with van der Waals surface area (Å²) in [5.41, 5.74) is 3.70. The summed E-state index contributed by atoms with van der Waals surface area (Å²) in [5, 5.41) is 4.00. The number of aryl methyl sites for hydroxylation is 1. The number of hydrogen-bond acceptors (Lipinski definition) is 2. The molecule has 1 heterocycles. The van der Waals surface area contributed by atoms with E-state index in [-0.39, 0.29) is 5.91 Å². The second-order valence-corrected chi connectivity index (χ2v) is 5.39. The topological polar surface area (TPSA) is 42.0 Å². The molecule has 3 nitrogen and oxygen atoms in total. The standard InChI is InChI=1S/C18H24N2O/c1-4-6-9-12-19-18(21)17-13(3)15(5-2)20-16-11-8-7-10-14(16)17/h7-8,10-11H,4-6,9,12H2,1-3H3,(H,19,21). The number of hydrogen-bond donors (Lipinski definition) is 1. The van der Waals surface area contributed by atoms with Crippen LogP contribution in [0.5, 0.6) is 0 Å². The summed E-state index contributed by atoms with van der Waals surface area (Å²) in [4.78, 5) is 17.2. The van der Waals surface area contributed by atoms with Crippen LogP contribution in [0.15, 0.2) is 24.3 Å². The van der Waals surface area contributed by atoms with Gasteiger partial charge in [0.25, 0.3) is 5.91 Å². The molecule has 0 saturated carbocycles. The van der Waals surface area contributed by atoms with E-state index in [2.05, 4.69) is 24.1 Å². The molecule has 0 aliphatic carbocycles. The quantitative estimate of drug-likeness (QED) is 0.814. The summed E-state index contributed by atoms with van der Waals surface area (Å²) in [6.07, 6.45) is 4.18. The average molecular weight is 284 g/mol. The third-order valence-corrected chi connectivity index (χ3v) is 3.86. The lowest BCUT2D eigenvalue weighted by Crippen LogP contribution is -2.26. The second-order valence-electron chi connectivity index (χ2n) is 5.39. The van der Waals surface area contributed by atoms with Crippen molar-refractivity contribution in [2.45, 2.75) is 46.5 Å². The highest BCUT2D eigenvalue weighted by molar-refractivity contribution is 6.07. The maximum absolute atomic E-state index is 12.6. The largest absolute Gasteiger partial charge is 0.352 e. The van der Waals surface area contributed by atoms with Crippen LogP contribution in [0.1, 0.15) is 54.7 Å². The van der Waals surface area contributed by atoms with Gasteiger partial charge in [0.2, 0.25) is 0 Å². The van der Waals surface area contributed by atoms with Crippen molar-refractivity contribution in [3.05, 3.63) is 41.1 Å². The predicted octanol–water partition coefficient (Wildman–Crippen LogP) is 4.03. The molecule has 0 saturated heterocycles. The van der Waals surface area contributed by atoms with Gasteiger partial charge >= 0.3 is 0 Å². The van der Waals surface area contributed by atoms with Gasteiger partial charge in [-0.2, -0.15) is 0 Å². The zero-order valence-electron chi connectivity index (χ0n) is 13.2. The van der Waals surface area contributed by atoms with Crippen molar-refractivity contribution in [3.63, 3.8) is 0 Å². The fourth-order valence-electron chi connectivity index (χ4n) is 2.66. The van der Waals surface area contributed by atoms with E-state index in [4.69, 9.17) is 0 Å². The second kappa shape index (κ2) is 7.21. The molecular weight excluding hydrogens is 260 g/mol. The molecule has 1 amide bonds. The Bertz CT molecular complexity index is 634. The minimum atomic E-state index is 0.0249. The number of nitrogens with zero attached hydrogens (tertiary/aromatic N) is 1. The Morgan fingerprint density at radius 3 is 2.67 bits per heavy atom. The van der Waals surface area contributed by atoms with Crippen LogP contribution in [-0.4, -0.2) is 17.4 Å². The van der Waals surface area contributed by atoms with Crippen molar-refractivity contribution in [3.8, 4) is 0 Å². The Morgan fingerprint density at radius 1 is 1.19 bits per heavy atom. The number of rotatable bonds is 6. The van der Waals surface area contributed by atoms with Crippen LogP contribution in [0, 0.1) is 6.92 Å². The van der Waals surface area contributed by atoms with Gasteiger partial charge in [0, 0.05) is 17.6 Å². The van der Waals surface area contributed by atoms with Gasteiger partial charge in [0.1, 0.15) is 0 Å². The Labute approximate surface area is 126 Å². The lowest BCUT2D eigenvalue weighted by atomic mass is 9.99. The number of nitrogens with one attached hydrogen (secondary N) is 1. The third kappa shape index (κ3) is 3.41. The molecule has 0 unspecified atom stereocenters. The van der Waals surface area contributed by atoms with Gasteiger partial charge in [-0.3, -0.25) is 9.78 Å². The summed E-state index contributed by atoms with van der Waals surface area (Å²) in [6, 6.07) is 7.88. The molecule has 21 heavy (non-hydrogen) atoms. The van der Waals surface area contributed by atoms with Gasteiger partial charge < -0.3 is 5.32 Å². The number of carbonyl (C=O) groups is 1. The summed E-state index contributed by atoms with van der Waals surface area (Å²) >= 11 is 0. The Morgan fingerprint density at radius 2 is 1.95 bits per heavy atom. The van der Waals surface area contributed by atoms with E-state index in [0.717, 1.165) is 60.0 Å². The first-order valence-electron chi connectivity index (χ1n) is 7.85. The molecule has 0 aliphatic heterocycles. The molecule has 0 bridgehead atoms. The first-order valence-corrected chi connectivity index (χ1v) is 7.85. The number of aromatic nitrogens is 1. The van der Waals surface area contributed by atoms with Crippen LogP contribution in [0.25, 0.3) is 10.9 Å². The summed E-state index contributed by atoms with van der Waals surface area (Å²) in [5.74, 6) is 0.0249. The van der Waals surface area contributed by atoms with Crippen LogP contribution in [0.3, 0.4) is 0 Å². The number of para-hydroxylation sites is 1. The monoisotopic (exact) mass is 284 g/mol. The van der Waals surface area contributed by atoms with E-state index in [1.807, 2.05) is 31.2 Å². The van der Waals surface area contributed by atoms with E-state index in [1.54, 1.807) is 0 Å². The minimum Gasteiger partial charge on any atom is -0.352 e. The normalized spacial score (nSPS) is 10.8. The summed E-state index contributed by atoms with van der Waals surface area (Å²) in [7, 11) is 0. The number of pyridine rings is 1. The Balaban J connectivity index is 2.36. The van der Waals surface area contributed by atoms with Crippen LogP contribution >= 0.6 is 0 Å². The maximum Gasteiger partial charge on any atom is 0.252 e. The zero-order valence-corrected chi connectivity index (χ0v) is 13.2. The van der Waals surface area contributed by atoms with E-state index < -0.39 is 0 Å². The number of amides is 1. The highest BCUT2D eigenvalue weighted by Gasteiger charge is 2.16. The smallest absolute Gasteiger partial charge is 0.252 e. The van der Waals surface area contributed by atoms with Gasteiger partial charge in [0.15, 0.2) is 0 Å². The minimum absolute atomic E-state index is 0.0249. The first-order chi connectivity index (χ1) is 10.2. The Hall–Kier alpha value is -1.90. The number of benzene rings is 1. The third-order valence-electron chi connectivity index (χ3n) is 3.86. The molecule has 2 aromatic rings. The fourth-order valence-corrected chi connectivity index (χ4v) is 2.66. The zero-order chi connectivity index (χ0) is 15.2. The van der Waals surface area contributed by atoms with Crippen LogP contribution in [-0.2, 0) is 6.42 Å². The van der Waals surface area contributed by atoms with Crippen molar-refractivity contribution < 1.29 is 4.79 Å². The van der Waals surface area contributed by atoms with Crippen molar-refractivity contribution in [2.75, 3.05) is 6.54 Å². The molecule has 0 aliphatic rings. The van der Waals surface area contributed by atoms with Crippen LogP contribution < -0.4 is 5.32 Å². The van der Waals surface area contributed by atoms with Gasteiger partial charge in [-0.05, 0) is 31.4 Å². The predicted molar refractivity (Wildman–Crippen MR) is 87.7 cm³/mol. The van der Waals surface area contributed by atoms with E-state index in [0.29, 0.717) is 0 Å². The fraction of sp³-hybridized carbons (Fsp3) is 0.444. The molecule has 0 spiro atoms. The maximum atomic E-state index is 12.6. The highest BCUT2D eigenvalue weighted by atomic mass is 16.1. The van der Waals surface area contributed by atoms with E-state index in [9.17, 15) is 4.79 Å². The molecule has 112 valence electrons. The molecule has 2 rings (SSSR count). The van der Waals surface area contributed by atoms with Gasteiger partial charge in [-0.25, -0.2) is 0 Å². The lowest BCUT2D eigenvalue weighted by Gasteiger charge is -2.13. The molecule has 0 radical (unpaired) electrons.